The van der Waals surface area contributed by atoms with Gasteiger partial charge in [-0.2, -0.15) is 0 Å². The second-order valence-electron chi connectivity index (χ2n) is 5.39. The van der Waals surface area contributed by atoms with Crippen LogP contribution in [0.2, 0.25) is 0 Å². The fourth-order valence-electron chi connectivity index (χ4n) is 1.53. The maximum Gasteiger partial charge on any atom is 0.237 e. The lowest BCUT2D eigenvalue weighted by atomic mass is 10.3. The lowest BCUT2D eigenvalue weighted by Gasteiger charge is -2.09. The maximum absolute atomic E-state index is 11.6. The van der Waals surface area contributed by atoms with E-state index in [-0.39, 0.29) is 24.9 Å². The van der Waals surface area contributed by atoms with Crippen LogP contribution in [0.3, 0.4) is 0 Å². The number of hydrogen-bond donors (Lipinski definition) is 1. The largest absolute Gasteiger partial charge is 0.380 e. The highest BCUT2D eigenvalue weighted by molar-refractivity contribution is 7.90. The Morgan fingerprint density at radius 1 is 1.30 bits per heavy atom. The molecule has 1 saturated carbocycles. The fourth-order valence-corrected chi connectivity index (χ4v) is 2.42. The Balaban J connectivity index is 2.07. The van der Waals surface area contributed by atoms with Crippen LogP contribution >= 0.6 is 0 Å². The summed E-state index contributed by atoms with van der Waals surface area (Å²) in [6.45, 7) is 5.03. The minimum absolute atomic E-state index is 0.116. The van der Waals surface area contributed by atoms with E-state index in [0.29, 0.717) is 25.6 Å². The van der Waals surface area contributed by atoms with Gasteiger partial charge in [0.05, 0.1) is 18.5 Å². The predicted molar refractivity (Wildman–Crippen MR) is 75.8 cm³/mol. The zero-order chi connectivity index (χ0) is 15.0. The number of amides is 1. The number of sulfonamides is 1. The van der Waals surface area contributed by atoms with Gasteiger partial charge in [-0.15, -0.1) is 0 Å². The first-order chi connectivity index (χ1) is 9.39. The molecular formula is C13H25NO5S. The first-order valence-electron chi connectivity index (χ1n) is 7.11. The van der Waals surface area contributed by atoms with Crippen molar-refractivity contribution in [1.82, 2.24) is 4.72 Å². The van der Waals surface area contributed by atoms with Crippen molar-refractivity contribution in [3.8, 4) is 0 Å². The molecule has 0 bridgehead atoms. The molecule has 0 aromatic carbocycles. The molecule has 1 aliphatic carbocycles. The van der Waals surface area contributed by atoms with Crippen LogP contribution in [-0.2, 0) is 24.3 Å². The highest BCUT2D eigenvalue weighted by atomic mass is 32.2. The summed E-state index contributed by atoms with van der Waals surface area (Å²) in [5.41, 5.74) is 0. The number of ether oxygens (including phenoxy) is 2. The van der Waals surface area contributed by atoms with Crippen molar-refractivity contribution >= 4 is 15.9 Å². The lowest BCUT2D eigenvalue weighted by molar-refractivity contribution is -0.119. The quantitative estimate of drug-likeness (QED) is 0.577. The van der Waals surface area contributed by atoms with Gasteiger partial charge >= 0.3 is 0 Å². The summed E-state index contributed by atoms with van der Waals surface area (Å²) in [6, 6.07) is 0. The molecule has 1 rings (SSSR count). The Morgan fingerprint density at radius 2 is 2.00 bits per heavy atom. The van der Waals surface area contributed by atoms with Gasteiger partial charge in [0.1, 0.15) is 0 Å². The van der Waals surface area contributed by atoms with E-state index < -0.39 is 15.9 Å². The van der Waals surface area contributed by atoms with Crippen LogP contribution in [0.1, 0.15) is 39.5 Å². The van der Waals surface area contributed by atoms with E-state index >= 15 is 0 Å². The lowest BCUT2D eigenvalue weighted by Crippen LogP contribution is -2.34. The van der Waals surface area contributed by atoms with Gasteiger partial charge in [-0.05, 0) is 39.0 Å². The summed E-state index contributed by atoms with van der Waals surface area (Å²) in [4.78, 5) is 11.5. The van der Waals surface area contributed by atoms with Gasteiger partial charge in [-0.25, -0.2) is 8.42 Å². The maximum atomic E-state index is 11.6. The Morgan fingerprint density at radius 3 is 2.60 bits per heavy atom. The molecule has 118 valence electrons. The van der Waals surface area contributed by atoms with Crippen LogP contribution in [0.25, 0.3) is 0 Å². The van der Waals surface area contributed by atoms with Crippen LogP contribution in [-0.4, -0.2) is 46.0 Å². The van der Waals surface area contributed by atoms with E-state index in [1.807, 2.05) is 18.6 Å². The second kappa shape index (κ2) is 8.59. The molecule has 0 radical (unpaired) electrons. The number of rotatable bonds is 11. The second-order valence-corrected chi connectivity index (χ2v) is 7.23. The van der Waals surface area contributed by atoms with Crippen molar-refractivity contribution in [3.05, 3.63) is 0 Å². The van der Waals surface area contributed by atoms with Crippen LogP contribution in [0.4, 0.5) is 0 Å². The van der Waals surface area contributed by atoms with Gasteiger partial charge in [0, 0.05) is 19.6 Å². The molecule has 0 aromatic rings. The Hall–Kier alpha value is -0.660. The van der Waals surface area contributed by atoms with Crippen LogP contribution in [0.5, 0.6) is 0 Å². The molecule has 0 aromatic heterocycles. The molecule has 6 nitrogen and oxygen atoms in total. The number of carbonyl (C=O) groups excluding carboxylic acids is 1. The fraction of sp³-hybridized carbons (Fsp3) is 0.923. The van der Waals surface area contributed by atoms with E-state index in [4.69, 9.17) is 9.47 Å². The van der Waals surface area contributed by atoms with Gasteiger partial charge in [-0.1, -0.05) is 0 Å². The van der Waals surface area contributed by atoms with Crippen molar-refractivity contribution in [1.29, 1.82) is 0 Å². The highest BCUT2D eigenvalue weighted by Crippen LogP contribution is 2.28. The molecule has 0 atom stereocenters. The number of hydrogen-bond acceptors (Lipinski definition) is 5. The Bertz CT molecular complexity index is 390. The molecule has 1 aliphatic rings. The highest BCUT2D eigenvalue weighted by Gasteiger charge is 2.21. The molecule has 1 fully saturated rings. The molecule has 0 unspecified atom stereocenters. The molecule has 20 heavy (non-hydrogen) atoms. The summed E-state index contributed by atoms with van der Waals surface area (Å²) in [6.07, 6.45) is 3.11. The first-order valence-corrected chi connectivity index (χ1v) is 8.77. The zero-order valence-corrected chi connectivity index (χ0v) is 13.1. The molecule has 1 amide bonds. The summed E-state index contributed by atoms with van der Waals surface area (Å²) >= 11 is 0. The summed E-state index contributed by atoms with van der Waals surface area (Å²) < 4.78 is 35.8. The Kier molecular flexibility index (Phi) is 7.47. The molecule has 7 heteroatoms. The summed E-state index contributed by atoms with van der Waals surface area (Å²) in [5, 5.41) is 0. The molecule has 0 saturated heterocycles. The number of carbonyl (C=O) groups is 1. The van der Waals surface area contributed by atoms with Gasteiger partial charge in [0.25, 0.3) is 0 Å². The minimum Gasteiger partial charge on any atom is -0.380 e. The van der Waals surface area contributed by atoms with E-state index in [9.17, 15) is 13.2 Å². The first kappa shape index (κ1) is 17.4. The van der Waals surface area contributed by atoms with Crippen molar-refractivity contribution in [2.75, 3.05) is 25.6 Å². The van der Waals surface area contributed by atoms with E-state index in [2.05, 4.69) is 0 Å². The zero-order valence-electron chi connectivity index (χ0n) is 12.3. The third-order valence-electron chi connectivity index (χ3n) is 2.82. The van der Waals surface area contributed by atoms with E-state index in [1.54, 1.807) is 0 Å². The Labute approximate surface area is 121 Å². The normalized spacial score (nSPS) is 15.6. The smallest absolute Gasteiger partial charge is 0.237 e. The monoisotopic (exact) mass is 307 g/mol. The van der Waals surface area contributed by atoms with Gasteiger partial charge < -0.3 is 9.47 Å². The average Bonchev–Trinajstić information content (AvgIpc) is 3.13. The van der Waals surface area contributed by atoms with Crippen molar-refractivity contribution in [2.45, 2.75) is 45.6 Å². The SMILES string of the molecule is CC(C)OCCCC(=O)NS(=O)(=O)CCOCC1CC1. The van der Waals surface area contributed by atoms with Crippen molar-refractivity contribution in [3.63, 3.8) is 0 Å². The summed E-state index contributed by atoms with van der Waals surface area (Å²) in [7, 11) is -3.58. The average molecular weight is 307 g/mol. The third-order valence-corrected chi connectivity index (χ3v) is 4.06. The number of nitrogens with one attached hydrogen (secondary N) is 1. The van der Waals surface area contributed by atoms with E-state index in [0.717, 1.165) is 0 Å². The topological polar surface area (TPSA) is 81.7 Å². The molecule has 0 aliphatic heterocycles. The third kappa shape index (κ3) is 9.28. The van der Waals surface area contributed by atoms with Crippen LogP contribution in [0, 0.1) is 5.92 Å². The predicted octanol–water partition coefficient (Wildman–Crippen LogP) is 1.06. The van der Waals surface area contributed by atoms with Gasteiger partial charge in [0.15, 0.2) is 0 Å². The molecule has 1 N–H and O–H groups in total. The standard InChI is InChI=1S/C13H25NO5S/c1-11(2)19-7-3-4-13(15)14-20(16,17)9-8-18-10-12-5-6-12/h11-12H,3-10H2,1-2H3,(H,14,15). The molecular weight excluding hydrogens is 282 g/mol. The van der Waals surface area contributed by atoms with Gasteiger partial charge in [-0.3, -0.25) is 9.52 Å². The van der Waals surface area contributed by atoms with Crippen LogP contribution in [0.15, 0.2) is 0 Å². The van der Waals surface area contributed by atoms with Crippen LogP contribution < -0.4 is 4.72 Å². The molecule has 0 heterocycles. The van der Waals surface area contributed by atoms with Crippen molar-refractivity contribution < 1.29 is 22.7 Å². The summed E-state index contributed by atoms with van der Waals surface area (Å²) in [5.74, 6) is -0.0543. The molecule has 0 spiro atoms. The van der Waals surface area contributed by atoms with Gasteiger partial charge in [0.2, 0.25) is 15.9 Å². The van der Waals surface area contributed by atoms with Crippen molar-refractivity contribution in [2.24, 2.45) is 5.92 Å². The van der Waals surface area contributed by atoms with E-state index in [1.165, 1.54) is 12.8 Å². The minimum atomic E-state index is -3.58.